The van der Waals surface area contributed by atoms with Gasteiger partial charge in [0.15, 0.2) is 0 Å². The lowest BCUT2D eigenvalue weighted by Crippen LogP contribution is -2.41. The van der Waals surface area contributed by atoms with Crippen molar-refractivity contribution < 1.29 is 9.84 Å². The second-order valence-electron chi connectivity index (χ2n) is 7.81. The van der Waals surface area contributed by atoms with Crippen molar-refractivity contribution in [1.29, 1.82) is 0 Å². The summed E-state index contributed by atoms with van der Waals surface area (Å²) in [6.45, 7) is 2.18. The molecule has 1 saturated carbocycles. The number of hydrogen-bond acceptors (Lipinski definition) is 3. The highest BCUT2D eigenvalue weighted by atomic mass is 16.5. The monoisotopic (exact) mass is 387 g/mol. The summed E-state index contributed by atoms with van der Waals surface area (Å²) in [6, 6.07) is 30.8. The molecule has 0 heterocycles. The fourth-order valence-electron chi connectivity index (χ4n) is 4.65. The smallest absolute Gasteiger partial charge is 0.119 e. The van der Waals surface area contributed by atoms with Gasteiger partial charge in [-0.3, -0.25) is 0 Å². The Labute approximate surface area is 173 Å². The lowest BCUT2D eigenvalue weighted by atomic mass is 9.71. The van der Waals surface area contributed by atoms with Crippen LogP contribution in [0.3, 0.4) is 0 Å². The molecule has 2 atom stereocenters. The van der Waals surface area contributed by atoms with Crippen molar-refractivity contribution >= 4 is 0 Å². The normalized spacial score (nSPS) is 20.4. The third-order valence-corrected chi connectivity index (χ3v) is 6.14. The van der Waals surface area contributed by atoms with Gasteiger partial charge in [-0.15, -0.1) is 0 Å². The summed E-state index contributed by atoms with van der Waals surface area (Å²) in [6.07, 6.45) is 1.53. The average molecular weight is 388 g/mol. The fraction of sp³-hybridized carbons (Fsp3) is 0.308. The molecule has 29 heavy (non-hydrogen) atoms. The van der Waals surface area contributed by atoms with E-state index in [2.05, 4.69) is 53.8 Å². The molecule has 0 amide bonds. The lowest BCUT2D eigenvalue weighted by molar-refractivity contribution is 0.0855. The Hall–Kier alpha value is -2.62. The van der Waals surface area contributed by atoms with Gasteiger partial charge >= 0.3 is 0 Å². The van der Waals surface area contributed by atoms with Crippen molar-refractivity contribution in [3.8, 4) is 5.75 Å². The van der Waals surface area contributed by atoms with Crippen molar-refractivity contribution in [3.63, 3.8) is 0 Å². The van der Waals surface area contributed by atoms with Crippen LogP contribution in [-0.2, 0) is 5.41 Å². The molecule has 1 aliphatic rings. The molecule has 1 fully saturated rings. The number of aliphatic hydroxyl groups is 1. The number of nitrogens with one attached hydrogen (secondary N) is 1. The average Bonchev–Trinajstić information content (AvgIpc) is 3.12. The zero-order valence-electron chi connectivity index (χ0n) is 16.7. The molecule has 2 N–H and O–H groups in total. The molecular formula is C26H29NO2. The second kappa shape index (κ2) is 9.25. The summed E-state index contributed by atoms with van der Waals surface area (Å²) in [5, 5.41) is 15.0. The van der Waals surface area contributed by atoms with Crippen LogP contribution in [0, 0.1) is 5.92 Å². The Morgan fingerprint density at radius 1 is 0.828 bits per heavy atom. The van der Waals surface area contributed by atoms with Gasteiger partial charge in [0, 0.05) is 18.5 Å². The summed E-state index contributed by atoms with van der Waals surface area (Å²) >= 11 is 0. The molecule has 0 spiro atoms. The quantitative estimate of drug-likeness (QED) is 0.563. The molecule has 3 nitrogen and oxygen atoms in total. The molecule has 3 aromatic rings. The largest absolute Gasteiger partial charge is 0.492 e. The fourth-order valence-corrected chi connectivity index (χ4v) is 4.65. The van der Waals surface area contributed by atoms with E-state index in [1.165, 1.54) is 11.1 Å². The van der Waals surface area contributed by atoms with Gasteiger partial charge in [0.05, 0.1) is 6.10 Å². The summed E-state index contributed by atoms with van der Waals surface area (Å²) in [5.41, 5.74) is 2.07. The third kappa shape index (κ3) is 4.21. The standard InChI is InChI=1S/C26H29NO2/c28-25-21(20-27-18-19-29-24-14-8-3-9-15-24)16-17-26(25,22-10-4-1-5-11-22)23-12-6-2-7-13-23/h1-15,21,25,27-28H,16-20H2/t21-,25+/m0/s1. The number of para-hydroxylation sites is 1. The Bertz CT molecular complexity index is 827. The number of ether oxygens (including phenoxy) is 1. The molecule has 150 valence electrons. The van der Waals surface area contributed by atoms with Crippen molar-refractivity contribution in [1.82, 2.24) is 5.32 Å². The maximum absolute atomic E-state index is 11.5. The predicted molar refractivity (Wildman–Crippen MR) is 117 cm³/mol. The Morgan fingerprint density at radius 2 is 1.38 bits per heavy atom. The number of aliphatic hydroxyl groups excluding tert-OH is 1. The third-order valence-electron chi connectivity index (χ3n) is 6.14. The molecule has 0 saturated heterocycles. The van der Waals surface area contributed by atoms with Crippen LogP contribution in [0.4, 0.5) is 0 Å². The number of benzene rings is 3. The van der Waals surface area contributed by atoms with Crippen LogP contribution < -0.4 is 10.1 Å². The molecule has 0 aliphatic heterocycles. The molecule has 4 rings (SSSR count). The van der Waals surface area contributed by atoms with E-state index in [9.17, 15) is 5.11 Å². The van der Waals surface area contributed by atoms with Gasteiger partial charge in [0.1, 0.15) is 12.4 Å². The minimum Gasteiger partial charge on any atom is -0.492 e. The predicted octanol–water partition coefficient (Wildman–Crippen LogP) is 4.41. The van der Waals surface area contributed by atoms with E-state index in [1.807, 2.05) is 42.5 Å². The molecular weight excluding hydrogens is 358 g/mol. The Balaban J connectivity index is 1.41. The van der Waals surface area contributed by atoms with Gasteiger partial charge in [-0.2, -0.15) is 0 Å². The maximum Gasteiger partial charge on any atom is 0.119 e. The first-order valence-electron chi connectivity index (χ1n) is 10.5. The minimum atomic E-state index is -0.421. The highest BCUT2D eigenvalue weighted by Gasteiger charge is 2.49. The molecule has 1 aliphatic carbocycles. The maximum atomic E-state index is 11.5. The molecule has 0 aromatic heterocycles. The summed E-state index contributed by atoms with van der Waals surface area (Å²) in [5.74, 6) is 1.11. The van der Waals surface area contributed by atoms with Gasteiger partial charge < -0.3 is 15.2 Å². The van der Waals surface area contributed by atoms with E-state index in [1.54, 1.807) is 0 Å². The first-order chi connectivity index (χ1) is 14.3. The van der Waals surface area contributed by atoms with E-state index in [0.29, 0.717) is 6.61 Å². The van der Waals surface area contributed by atoms with E-state index in [0.717, 1.165) is 31.7 Å². The van der Waals surface area contributed by atoms with Crippen molar-refractivity contribution in [2.45, 2.75) is 24.4 Å². The second-order valence-corrected chi connectivity index (χ2v) is 7.81. The summed E-state index contributed by atoms with van der Waals surface area (Å²) < 4.78 is 5.75. The van der Waals surface area contributed by atoms with Crippen LogP contribution >= 0.6 is 0 Å². The molecule has 3 aromatic carbocycles. The van der Waals surface area contributed by atoms with Crippen LogP contribution in [0.15, 0.2) is 91.0 Å². The SMILES string of the molecule is O[C@@H]1[C@H](CNCCOc2ccccc2)CCC1(c1ccccc1)c1ccccc1. The summed E-state index contributed by atoms with van der Waals surface area (Å²) in [7, 11) is 0. The van der Waals surface area contributed by atoms with Crippen molar-refractivity contribution in [3.05, 3.63) is 102 Å². The zero-order valence-corrected chi connectivity index (χ0v) is 16.7. The van der Waals surface area contributed by atoms with Crippen molar-refractivity contribution in [2.24, 2.45) is 5.92 Å². The number of hydrogen-bond donors (Lipinski definition) is 2. The van der Waals surface area contributed by atoms with E-state index in [4.69, 9.17) is 4.74 Å². The highest BCUT2D eigenvalue weighted by Crippen LogP contribution is 2.48. The molecule has 0 bridgehead atoms. The summed E-state index contributed by atoms with van der Waals surface area (Å²) in [4.78, 5) is 0. The van der Waals surface area contributed by atoms with Gasteiger partial charge in [-0.1, -0.05) is 78.9 Å². The lowest BCUT2D eigenvalue weighted by Gasteiger charge is -2.36. The topological polar surface area (TPSA) is 41.5 Å². The van der Waals surface area contributed by atoms with Gasteiger partial charge in [-0.05, 0) is 42.0 Å². The molecule has 3 heteroatoms. The van der Waals surface area contributed by atoms with E-state index < -0.39 is 6.10 Å². The van der Waals surface area contributed by atoms with Crippen LogP contribution in [0.5, 0.6) is 5.75 Å². The van der Waals surface area contributed by atoms with E-state index in [-0.39, 0.29) is 11.3 Å². The molecule has 0 radical (unpaired) electrons. The minimum absolute atomic E-state index is 0.215. The Morgan fingerprint density at radius 3 is 1.97 bits per heavy atom. The van der Waals surface area contributed by atoms with Gasteiger partial charge in [0.25, 0.3) is 0 Å². The Kier molecular flexibility index (Phi) is 6.28. The van der Waals surface area contributed by atoms with Crippen LogP contribution in [0.25, 0.3) is 0 Å². The highest BCUT2D eigenvalue weighted by molar-refractivity contribution is 5.42. The van der Waals surface area contributed by atoms with Crippen LogP contribution in [0.1, 0.15) is 24.0 Å². The first kappa shape index (κ1) is 19.7. The number of rotatable bonds is 8. The van der Waals surface area contributed by atoms with Crippen LogP contribution in [0.2, 0.25) is 0 Å². The van der Waals surface area contributed by atoms with Crippen LogP contribution in [-0.4, -0.2) is 30.9 Å². The van der Waals surface area contributed by atoms with Crippen molar-refractivity contribution in [2.75, 3.05) is 19.7 Å². The van der Waals surface area contributed by atoms with E-state index >= 15 is 0 Å². The zero-order chi connectivity index (χ0) is 19.9. The van der Waals surface area contributed by atoms with Gasteiger partial charge in [-0.25, -0.2) is 0 Å². The molecule has 0 unspecified atom stereocenters. The first-order valence-corrected chi connectivity index (χ1v) is 10.5. The van der Waals surface area contributed by atoms with Gasteiger partial charge in [0.2, 0.25) is 0 Å².